The van der Waals surface area contributed by atoms with Crippen molar-refractivity contribution in [1.82, 2.24) is 20.0 Å². The van der Waals surface area contributed by atoms with Crippen molar-refractivity contribution in [3.8, 4) is 5.82 Å². The van der Waals surface area contributed by atoms with Crippen LogP contribution in [0.3, 0.4) is 0 Å². The summed E-state index contributed by atoms with van der Waals surface area (Å²) >= 11 is 0. The fraction of sp³-hybridized carbons (Fsp3) is 0.211. The Kier molecular flexibility index (Phi) is 4.26. The molecule has 3 heterocycles. The molecule has 0 spiro atoms. The zero-order valence-corrected chi connectivity index (χ0v) is 15.0. The molecule has 3 aromatic rings. The van der Waals surface area contributed by atoms with Gasteiger partial charge in [-0.15, -0.1) is 0 Å². The Hall–Kier alpha value is -3.75. The van der Waals surface area contributed by atoms with E-state index in [1.165, 1.54) is 23.0 Å². The van der Waals surface area contributed by atoms with Gasteiger partial charge in [-0.25, -0.2) is 9.78 Å². The molecular weight excluding hydrogens is 362 g/mol. The van der Waals surface area contributed by atoms with Crippen molar-refractivity contribution in [2.24, 2.45) is 0 Å². The average molecular weight is 379 g/mol. The second kappa shape index (κ2) is 6.76. The topological polar surface area (TPSA) is 121 Å². The van der Waals surface area contributed by atoms with Crippen molar-refractivity contribution < 1.29 is 14.7 Å². The van der Waals surface area contributed by atoms with Crippen LogP contribution in [0.4, 0.5) is 5.69 Å². The largest absolute Gasteiger partial charge is 0.481 e. The number of carboxylic acids is 1. The zero-order chi connectivity index (χ0) is 19.8. The van der Waals surface area contributed by atoms with Crippen LogP contribution in [0.25, 0.3) is 5.82 Å². The van der Waals surface area contributed by atoms with Gasteiger partial charge < -0.3 is 10.0 Å². The molecule has 1 aromatic carbocycles. The number of aromatic nitrogens is 4. The summed E-state index contributed by atoms with van der Waals surface area (Å²) in [5.74, 6) is -1.40. The van der Waals surface area contributed by atoms with Crippen LogP contribution in [-0.4, -0.2) is 43.5 Å². The molecule has 0 radical (unpaired) electrons. The Bertz CT molecular complexity index is 1110. The number of aromatic amines is 1. The van der Waals surface area contributed by atoms with Crippen LogP contribution in [0, 0.1) is 6.92 Å². The standard InChI is InChI=1S/C19H17N5O4/c1-11-14(10-20-24(11)16-6-7-17(25)22-21-16)18(26)23-9-8-13(19(27)28)12-4-2-3-5-15(12)23/h2-7,10,13H,8-9H2,1H3,(H,22,25)(H,27,28). The number of carbonyl (C=O) groups excluding carboxylic acids is 1. The minimum absolute atomic E-state index is 0.260. The van der Waals surface area contributed by atoms with E-state index in [1.807, 2.05) is 0 Å². The summed E-state index contributed by atoms with van der Waals surface area (Å²) in [6, 6.07) is 9.90. The Morgan fingerprint density at radius 3 is 2.71 bits per heavy atom. The van der Waals surface area contributed by atoms with Gasteiger partial charge in [0.15, 0.2) is 5.82 Å². The van der Waals surface area contributed by atoms with E-state index in [-0.39, 0.29) is 11.5 Å². The molecule has 28 heavy (non-hydrogen) atoms. The summed E-state index contributed by atoms with van der Waals surface area (Å²) in [4.78, 5) is 37.5. The lowest BCUT2D eigenvalue weighted by molar-refractivity contribution is -0.139. The first-order valence-electron chi connectivity index (χ1n) is 8.71. The number of para-hydroxylation sites is 1. The smallest absolute Gasteiger partial charge is 0.311 e. The first-order valence-corrected chi connectivity index (χ1v) is 8.71. The molecule has 0 saturated heterocycles. The number of rotatable bonds is 3. The van der Waals surface area contributed by atoms with Crippen LogP contribution in [-0.2, 0) is 4.79 Å². The molecule has 9 heteroatoms. The van der Waals surface area contributed by atoms with Crippen LogP contribution in [0.15, 0.2) is 47.4 Å². The molecule has 9 nitrogen and oxygen atoms in total. The van der Waals surface area contributed by atoms with E-state index in [0.29, 0.717) is 41.3 Å². The van der Waals surface area contributed by atoms with E-state index in [9.17, 15) is 19.5 Å². The van der Waals surface area contributed by atoms with Gasteiger partial charge in [0.1, 0.15) is 0 Å². The zero-order valence-electron chi connectivity index (χ0n) is 15.0. The number of fused-ring (bicyclic) bond motifs is 1. The summed E-state index contributed by atoms with van der Waals surface area (Å²) in [6.45, 7) is 2.04. The van der Waals surface area contributed by atoms with Crippen LogP contribution < -0.4 is 10.5 Å². The fourth-order valence-corrected chi connectivity index (χ4v) is 3.48. The number of amides is 1. The third-order valence-corrected chi connectivity index (χ3v) is 4.91. The first-order chi connectivity index (χ1) is 13.5. The quantitative estimate of drug-likeness (QED) is 0.711. The Morgan fingerprint density at radius 1 is 1.21 bits per heavy atom. The number of nitrogens with zero attached hydrogens (tertiary/aromatic N) is 4. The van der Waals surface area contributed by atoms with Gasteiger partial charge in [-0.2, -0.15) is 10.2 Å². The molecule has 4 rings (SSSR count). The number of benzene rings is 1. The molecule has 1 amide bonds. The molecule has 0 aliphatic carbocycles. The molecule has 1 atom stereocenters. The summed E-state index contributed by atoms with van der Waals surface area (Å²) in [6.07, 6.45) is 1.79. The van der Waals surface area contributed by atoms with E-state index in [0.717, 1.165) is 0 Å². The van der Waals surface area contributed by atoms with Crippen molar-refractivity contribution in [2.75, 3.05) is 11.4 Å². The molecule has 0 bridgehead atoms. The lowest BCUT2D eigenvalue weighted by Crippen LogP contribution is -2.38. The number of carboxylic acid groups (broad SMARTS) is 1. The van der Waals surface area contributed by atoms with E-state index < -0.39 is 11.9 Å². The average Bonchev–Trinajstić information content (AvgIpc) is 3.08. The van der Waals surface area contributed by atoms with Gasteiger partial charge in [0.2, 0.25) is 0 Å². The molecular formula is C19H17N5O4. The highest BCUT2D eigenvalue weighted by molar-refractivity contribution is 6.08. The molecule has 0 saturated carbocycles. The van der Waals surface area contributed by atoms with Gasteiger partial charge >= 0.3 is 5.97 Å². The van der Waals surface area contributed by atoms with E-state index >= 15 is 0 Å². The monoisotopic (exact) mass is 379 g/mol. The van der Waals surface area contributed by atoms with Gasteiger partial charge in [0.25, 0.3) is 11.5 Å². The highest BCUT2D eigenvalue weighted by atomic mass is 16.4. The fourth-order valence-electron chi connectivity index (χ4n) is 3.48. The maximum absolute atomic E-state index is 13.2. The summed E-state index contributed by atoms with van der Waals surface area (Å²) in [5.41, 5.74) is 1.85. The number of anilines is 1. The molecule has 2 N–H and O–H groups in total. The number of aliphatic carboxylic acids is 1. The van der Waals surface area contributed by atoms with Crippen LogP contribution in [0.2, 0.25) is 0 Å². The predicted molar refractivity (Wildman–Crippen MR) is 99.8 cm³/mol. The molecule has 1 aliphatic rings. The highest BCUT2D eigenvalue weighted by Crippen LogP contribution is 2.36. The highest BCUT2D eigenvalue weighted by Gasteiger charge is 2.33. The summed E-state index contributed by atoms with van der Waals surface area (Å²) in [5, 5.41) is 20.0. The Balaban J connectivity index is 1.71. The second-order valence-corrected chi connectivity index (χ2v) is 6.53. The van der Waals surface area contributed by atoms with Gasteiger partial charge in [-0.05, 0) is 31.0 Å². The Labute approximate surface area is 159 Å². The van der Waals surface area contributed by atoms with Gasteiger partial charge in [-0.3, -0.25) is 14.4 Å². The molecule has 142 valence electrons. The van der Waals surface area contributed by atoms with Crippen molar-refractivity contribution in [1.29, 1.82) is 0 Å². The predicted octanol–water partition coefficient (Wildman–Crippen LogP) is 1.48. The van der Waals surface area contributed by atoms with E-state index in [1.54, 1.807) is 36.1 Å². The van der Waals surface area contributed by atoms with Crippen molar-refractivity contribution in [3.05, 3.63) is 69.8 Å². The maximum atomic E-state index is 13.2. The van der Waals surface area contributed by atoms with Gasteiger partial charge in [0.05, 0.1) is 23.4 Å². The van der Waals surface area contributed by atoms with Gasteiger partial charge in [0, 0.05) is 18.3 Å². The minimum Gasteiger partial charge on any atom is -0.481 e. The molecule has 1 aliphatic heterocycles. The number of hydrogen-bond donors (Lipinski definition) is 2. The second-order valence-electron chi connectivity index (χ2n) is 6.53. The van der Waals surface area contributed by atoms with Crippen molar-refractivity contribution in [2.45, 2.75) is 19.3 Å². The minimum atomic E-state index is -0.896. The SMILES string of the molecule is Cc1c(C(=O)N2CCC(C(=O)O)c3ccccc32)cnn1-c1ccc(=O)[nH]n1. The van der Waals surface area contributed by atoms with Gasteiger partial charge in [-0.1, -0.05) is 18.2 Å². The Morgan fingerprint density at radius 2 is 2.00 bits per heavy atom. The van der Waals surface area contributed by atoms with Crippen LogP contribution >= 0.6 is 0 Å². The lowest BCUT2D eigenvalue weighted by Gasteiger charge is -2.32. The van der Waals surface area contributed by atoms with Crippen molar-refractivity contribution >= 4 is 17.6 Å². The number of nitrogens with one attached hydrogen (secondary N) is 1. The molecule has 2 aromatic heterocycles. The maximum Gasteiger partial charge on any atom is 0.311 e. The number of hydrogen-bond acceptors (Lipinski definition) is 5. The number of H-pyrrole nitrogens is 1. The van der Waals surface area contributed by atoms with E-state index in [4.69, 9.17) is 0 Å². The summed E-state index contributed by atoms with van der Waals surface area (Å²) in [7, 11) is 0. The van der Waals surface area contributed by atoms with Crippen LogP contribution in [0.1, 0.15) is 34.0 Å². The van der Waals surface area contributed by atoms with Crippen LogP contribution in [0.5, 0.6) is 0 Å². The first kappa shape index (κ1) is 17.7. The summed E-state index contributed by atoms with van der Waals surface area (Å²) < 4.78 is 1.47. The van der Waals surface area contributed by atoms with E-state index in [2.05, 4.69) is 15.3 Å². The number of carbonyl (C=O) groups is 2. The normalized spacial score (nSPS) is 15.9. The molecule has 1 unspecified atom stereocenters. The lowest BCUT2D eigenvalue weighted by atomic mass is 9.89. The third-order valence-electron chi connectivity index (χ3n) is 4.91. The molecule has 0 fully saturated rings. The third kappa shape index (κ3) is 2.86. The van der Waals surface area contributed by atoms with Crippen molar-refractivity contribution in [3.63, 3.8) is 0 Å².